The zero-order chi connectivity index (χ0) is 10.9. The summed E-state index contributed by atoms with van der Waals surface area (Å²) in [6.07, 6.45) is 0.396. The molecule has 1 aliphatic rings. The third-order valence-corrected chi connectivity index (χ3v) is 3.30. The lowest BCUT2D eigenvalue weighted by Crippen LogP contribution is -2.39. The number of nitrogens with zero attached hydrogens (tertiary/aromatic N) is 1. The lowest BCUT2D eigenvalue weighted by atomic mass is 9.81. The molecule has 0 bridgehead atoms. The Morgan fingerprint density at radius 3 is 2.29 bits per heavy atom. The fourth-order valence-corrected chi connectivity index (χ4v) is 1.45. The topological polar surface area (TPSA) is 37.4 Å². The Morgan fingerprint density at radius 1 is 1.36 bits per heavy atom. The van der Waals surface area contributed by atoms with E-state index in [2.05, 4.69) is 27.7 Å². The molecule has 0 saturated carbocycles. The van der Waals surface area contributed by atoms with Crippen molar-refractivity contribution in [2.45, 2.75) is 34.1 Å². The molecule has 3 nitrogen and oxygen atoms in total. The van der Waals surface area contributed by atoms with Crippen LogP contribution in [-0.2, 0) is 9.59 Å². The van der Waals surface area contributed by atoms with E-state index in [0.717, 1.165) is 0 Å². The molecule has 1 saturated heterocycles. The Balaban J connectivity index is 2.62. The summed E-state index contributed by atoms with van der Waals surface area (Å²) in [6.45, 7) is 9.84. The summed E-state index contributed by atoms with van der Waals surface area (Å²) in [6, 6.07) is 0. The number of hydrogen-bond donors (Lipinski definition) is 0. The molecular formula is C11H19NO2. The smallest absolute Gasteiger partial charge is 0.290 e. The highest BCUT2D eigenvalue weighted by Crippen LogP contribution is 2.28. The molecular weight excluding hydrogens is 178 g/mol. The second kappa shape index (κ2) is 3.71. The Bertz CT molecular complexity index is 256. The monoisotopic (exact) mass is 197 g/mol. The number of amides is 1. The summed E-state index contributed by atoms with van der Waals surface area (Å²) >= 11 is 0. The lowest BCUT2D eigenvalue weighted by Gasteiger charge is -2.33. The molecule has 0 aliphatic carbocycles. The molecule has 0 spiro atoms. The van der Waals surface area contributed by atoms with Crippen LogP contribution in [0.1, 0.15) is 34.1 Å². The molecule has 0 aromatic rings. The van der Waals surface area contributed by atoms with Crippen LogP contribution in [0.3, 0.4) is 0 Å². The van der Waals surface area contributed by atoms with Crippen LogP contribution in [0, 0.1) is 11.3 Å². The highest BCUT2D eigenvalue weighted by atomic mass is 16.2. The van der Waals surface area contributed by atoms with Gasteiger partial charge in [-0.15, -0.1) is 0 Å². The van der Waals surface area contributed by atoms with E-state index in [9.17, 15) is 9.59 Å². The van der Waals surface area contributed by atoms with Gasteiger partial charge in [0.2, 0.25) is 5.78 Å². The van der Waals surface area contributed by atoms with Crippen LogP contribution in [0.5, 0.6) is 0 Å². The maximum Gasteiger partial charge on any atom is 0.290 e. The van der Waals surface area contributed by atoms with E-state index in [1.165, 1.54) is 0 Å². The molecule has 1 amide bonds. The molecule has 14 heavy (non-hydrogen) atoms. The standard InChI is InChI=1S/C11H19NO2/c1-8(2)11(3,4)7-12-6-5-9(13)10(12)14/h8H,5-7H2,1-4H3. The first-order chi connectivity index (χ1) is 6.34. The van der Waals surface area contributed by atoms with Crippen molar-refractivity contribution in [2.24, 2.45) is 11.3 Å². The van der Waals surface area contributed by atoms with Crippen LogP contribution in [-0.4, -0.2) is 29.7 Å². The van der Waals surface area contributed by atoms with Crippen molar-refractivity contribution in [2.75, 3.05) is 13.1 Å². The Morgan fingerprint density at radius 2 is 1.93 bits per heavy atom. The number of ketones is 1. The van der Waals surface area contributed by atoms with E-state index in [4.69, 9.17) is 0 Å². The van der Waals surface area contributed by atoms with Crippen molar-refractivity contribution in [1.29, 1.82) is 0 Å². The Hall–Kier alpha value is -0.860. The third-order valence-electron chi connectivity index (χ3n) is 3.30. The van der Waals surface area contributed by atoms with Gasteiger partial charge in [0.1, 0.15) is 0 Å². The van der Waals surface area contributed by atoms with Crippen LogP contribution in [0.2, 0.25) is 0 Å². The highest BCUT2D eigenvalue weighted by Gasteiger charge is 2.34. The molecule has 1 fully saturated rings. The molecule has 0 unspecified atom stereocenters. The first kappa shape index (κ1) is 11.2. The fourth-order valence-electron chi connectivity index (χ4n) is 1.45. The van der Waals surface area contributed by atoms with Crippen LogP contribution < -0.4 is 0 Å². The normalized spacial score (nSPS) is 18.5. The van der Waals surface area contributed by atoms with E-state index in [1.54, 1.807) is 4.90 Å². The van der Waals surface area contributed by atoms with E-state index in [1.807, 2.05) is 0 Å². The summed E-state index contributed by atoms with van der Waals surface area (Å²) in [5, 5.41) is 0. The van der Waals surface area contributed by atoms with Crippen molar-refractivity contribution >= 4 is 11.7 Å². The van der Waals surface area contributed by atoms with E-state index in [-0.39, 0.29) is 17.1 Å². The number of Topliss-reactive ketones (excluding diaryl/α,β-unsaturated/α-hetero) is 1. The molecule has 0 N–H and O–H groups in total. The van der Waals surface area contributed by atoms with Crippen LogP contribution >= 0.6 is 0 Å². The molecule has 0 radical (unpaired) electrons. The number of carbonyl (C=O) groups is 2. The average Bonchev–Trinajstić information content (AvgIpc) is 2.35. The molecule has 1 heterocycles. The minimum Gasteiger partial charge on any atom is -0.335 e. The number of rotatable bonds is 3. The maximum atomic E-state index is 11.4. The molecule has 0 atom stereocenters. The molecule has 80 valence electrons. The van der Waals surface area contributed by atoms with Crippen LogP contribution in [0.25, 0.3) is 0 Å². The molecule has 3 heteroatoms. The number of hydrogen-bond acceptors (Lipinski definition) is 2. The van der Waals surface area contributed by atoms with Gasteiger partial charge in [-0.05, 0) is 11.3 Å². The van der Waals surface area contributed by atoms with Crippen LogP contribution in [0.15, 0.2) is 0 Å². The molecule has 0 aromatic heterocycles. The third kappa shape index (κ3) is 2.14. The Kier molecular flexibility index (Phi) is 2.98. The zero-order valence-electron chi connectivity index (χ0n) is 9.46. The first-order valence-corrected chi connectivity index (χ1v) is 5.16. The van der Waals surface area contributed by atoms with E-state index < -0.39 is 0 Å². The quantitative estimate of drug-likeness (QED) is 0.642. The predicted octanol–water partition coefficient (Wildman–Crippen LogP) is 1.47. The van der Waals surface area contributed by atoms with Gasteiger partial charge in [-0.3, -0.25) is 9.59 Å². The van der Waals surface area contributed by atoms with Gasteiger partial charge in [-0.1, -0.05) is 27.7 Å². The number of carbonyl (C=O) groups excluding carboxylic acids is 2. The summed E-state index contributed by atoms with van der Waals surface area (Å²) in [5.41, 5.74) is 0.0836. The maximum absolute atomic E-state index is 11.4. The molecule has 0 aromatic carbocycles. The van der Waals surface area contributed by atoms with Gasteiger partial charge in [0, 0.05) is 19.5 Å². The van der Waals surface area contributed by atoms with Gasteiger partial charge in [0.25, 0.3) is 5.91 Å². The summed E-state index contributed by atoms with van der Waals surface area (Å²) in [5.74, 6) is -0.0192. The van der Waals surface area contributed by atoms with Crippen molar-refractivity contribution in [3.05, 3.63) is 0 Å². The minimum absolute atomic E-state index is 0.0836. The van der Waals surface area contributed by atoms with Crippen molar-refractivity contribution in [1.82, 2.24) is 4.90 Å². The lowest BCUT2D eigenvalue weighted by molar-refractivity contribution is -0.140. The average molecular weight is 197 g/mol. The molecule has 1 aliphatic heterocycles. The summed E-state index contributed by atoms with van der Waals surface area (Å²) < 4.78 is 0. The van der Waals surface area contributed by atoms with Crippen molar-refractivity contribution < 1.29 is 9.59 Å². The van der Waals surface area contributed by atoms with Gasteiger partial charge >= 0.3 is 0 Å². The molecule has 1 rings (SSSR count). The summed E-state index contributed by atoms with van der Waals surface area (Å²) in [4.78, 5) is 24.1. The fraction of sp³-hybridized carbons (Fsp3) is 0.818. The summed E-state index contributed by atoms with van der Waals surface area (Å²) in [7, 11) is 0. The van der Waals surface area contributed by atoms with Gasteiger partial charge < -0.3 is 4.90 Å². The van der Waals surface area contributed by atoms with Crippen LogP contribution in [0.4, 0.5) is 0 Å². The number of likely N-dealkylation sites (tertiary alicyclic amines) is 1. The highest BCUT2D eigenvalue weighted by molar-refractivity contribution is 6.37. The largest absolute Gasteiger partial charge is 0.335 e. The van der Waals surface area contributed by atoms with Crippen molar-refractivity contribution in [3.63, 3.8) is 0 Å². The minimum atomic E-state index is -0.293. The van der Waals surface area contributed by atoms with Gasteiger partial charge in [-0.2, -0.15) is 0 Å². The first-order valence-electron chi connectivity index (χ1n) is 5.16. The van der Waals surface area contributed by atoms with Gasteiger partial charge in [0.15, 0.2) is 0 Å². The van der Waals surface area contributed by atoms with Gasteiger partial charge in [0.05, 0.1) is 0 Å². The second-order valence-electron chi connectivity index (χ2n) is 5.04. The second-order valence-corrected chi connectivity index (χ2v) is 5.04. The van der Waals surface area contributed by atoms with E-state index in [0.29, 0.717) is 25.4 Å². The predicted molar refractivity (Wildman–Crippen MR) is 54.8 cm³/mol. The Labute approximate surface area is 85.5 Å². The van der Waals surface area contributed by atoms with Gasteiger partial charge in [-0.25, -0.2) is 0 Å². The van der Waals surface area contributed by atoms with Crippen molar-refractivity contribution in [3.8, 4) is 0 Å². The van der Waals surface area contributed by atoms with E-state index >= 15 is 0 Å². The zero-order valence-corrected chi connectivity index (χ0v) is 9.46. The SMILES string of the molecule is CC(C)C(C)(C)CN1CCC(=O)C1=O.